The number of H-pyrrole nitrogens is 1. The van der Waals surface area contributed by atoms with Crippen LogP contribution in [0.25, 0.3) is 0 Å². The summed E-state index contributed by atoms with van der Waals surface area (Å²) in [7, 11) is 0. The van der Waals surface area contributed by atoms with Crippen LogP contribution < -0.4 is 11.3 Å². The van der Waals surface area contributed by atoms with E-state index in [9.17, 15) is 4.79 Å². The minimum Gasteiger partial charge on any atom is -0.330 e. The molecule has 1 heterocycles. The van der Waals surface area contributed by atoms with E-state index in [2.05, 4.69) is 9.97 Å². The van der Waals surface area contributed by atoms with Crippen LogP contribution in [0.4, 0.5) is 0 Å². The molecule has 0 fully saturated rings. The van der Waals surface area contributed by atoms with E-state index in [1.54, 1.807) is 11.8 Å². The molecule has 88 valence electrons. The topological polar surface area (TPSA) is 71.8 Å². The second-order valence-electron chi connectivity index (χ2n) is 3.99. The summed E-state index contributed by atoms with van der Waals surface area (Å²) < 4.78 is 0. The standard InChI is InChI=1S/C11H17N3OS/c12-6-3-7-16-11-13-9-5-2-1-4-8(9)10(15)14-11/h1-7,12H2,(H,13,14,15). The molecule has 0 spiro atoms. The number of aryl methyl sites for hydroxylation is 1. The monoisotopic (exact) mass is 239 g/mol. The SMILES string of the molecule is NCCCSc1nc2c(c(=O)[nH]1)CCCC2. The molecule has 0 atom stereocenters. The highest BCUT2D eigenvalue weighted by atomic mass is 32.2. The summed E-state index contributed by atoms with van der Waals surface area (Å²) in [6, 6.07) is 0. The zero-order valence-corrected chi connectivity index (χ0v) is 10.1. The number of aromatic nitrogens is 2. The first-order valence-electron chi connectivity index (χ1n) is 5.76. The van der Waals surface area contributed by atoms with Gasteiger partial charge < -0.3 is 10.7 Å². The third-order valence-corrected chi connectivity index (χ3v) is 3.72. The largest absolute Gasteiger partial charge is 0.330 e. The fraction of sp³-hybridized carbons (Fsp3) is 0.636. The highest BCUT2D eigenvalue weighted by molar-refractivity contribution is 7.99. The summed E-state index contributed by atoms with van der Waals surface area (Å²) >= 11 is 1.59. The van der Waals surface area contributed by atoms with Gasteiger partial charge in [0.25, 0.3) is 5.56 Å². The van der Waals surface area contributed by atoms with Crippen LogP contribution in [0, 0.1) is 0 Å². The molecule has 1 aliphatic rings. The number of rotatable bonds is 4. The summed E-state index contributed by atoms with van der Waals surface area (Å²) in [6.07, 6.45) is 5.04. The number of nitrogens with two attached hydrogens (primary N) is 1. The van der Waals surface area contributed by atoms with Gasteiger partial charge in [-0.1, -0.05) is 11.8 Å². The first-order valence-corrected chi connectivity index (χ1v) is 6.75. The Balaban J connectivity index is 2.15. The van der Waals surface area contributed by atoms with Crippen molar-refractivity contribution in [3.05, 3.63) is 21.6 Å². The quantitative estimate of drug-likeness (QED) is 0.469. The van der Waals surface area contributed by atoms with Gasteiger partial charge in [0.05, 0.1) is 5.69 Å². The van der Waals surface area contributed by atoms with Crippen LogP contribution in [-0.4, -0.2) is 22.3 Å². The zero-order valence-electron chi connectivity index (χ0n) is 9.29. The van der Waals surface area contributed by atoms with Gasteiger partial charge in [-0.3, -0.25) is 4.79 Å². The summed E-state index contributed by atoms with van der Waals surface area (Å²) in [5, 5.41) is 0.749. The van der Waals surface area contributed by atoms with Gasteiger partial charge in [-0.25, -0.2) is 4.98 Å². The maximum absolute atomic E-state index is 11.8. The van der Waals surface area contributed by atoms with E-state index >= 15 is 0 Å². The molecule has 1 aromatic rings. The van der Waals surface area contributed by atoms with Crippen LogP contribution in [0.2, 0.25) is 0 Å². The van der Waals surface area contributed by atoms with Gasteiger partial charge in [-0.15, -0.1) is 0 Å². The number of nitrogens with one attached hydrogen (secondary N) is 1. The Labute approximate surface area is 99.0 Å². The molecular weight excluding hydrogens is 222 g/mol. The Morgan fingerprint density at radius 1 is 1.38 bits per heavy atom. The van der Waals surface area contributed by atoms with E-state index in [0.717, 1.165) is 54.3 Å². The van der Waals surface area contributed by atoms with E-state index < -0.39 is 0 Å². The first kappa shape index (κ1) is 11.7. The lowest BCUT2D eigenvalue weighted by molar-refractivity contribution is 0.641. The number of nitrogens with zero attached hydrogens (tertiary/aromatic N) is 1. The molecule has 3 N–H and O–H groups in total. The summed E-state index contributed by atoms with van der Waals surface area (Å²) in [4.78, 5) is 19.1. The molecule has 5 heteroatoms. The van der Waals surface area contributed by atoms with E-state index in [1.807, 2.05) is 0 Å². The van der Waals surface area contributed by atoms with E-state index in [-0.39, 0.29) is 5.56 Å². The van der Waals surface area contributed by atoms with Gasteiger partial charge in [-0.2, -0.15) is 0 Å². The Morgan fingerprint density at radius 3 is 3.00 bits per heavy atom. The fourth-order valence-electron chi connectivity index (χ4n) is 1.90. The minimum absolute atomic E-state index is 0.0555. The molecule has 4 nitrogen and oxygen atoms in total. The third-order valence-electron chi connectivity index (χ3n) is 2.76. The molecule has 0 bridgehead atoms. The van der Waals surface area contributed by atoms with Crippen LogP contribution in [0.5, 0.6) is 0 Å². The van der Waals surface area contributed by atoms with Gasteiger partial charge in [-0.05, 0) is 38.6 Å². The van der Waals surface area contributed by atoms with Gasteiger partial charge in [0, 0.05) is 11.3 Å². The van der Waals surface area contributed by atoms with Crippen molar-refractivity contribution in [1.29, 1.82) is 0 Å². The maximum Gasteiger partial charge on any atom is 0.254 e. The van der Waals surface area contributed by atoms with Gasteiger partial charge >= 0.3 is 0 Å². The van der Waals surface area contributed by atoms with Gasteiger partial charge in [0.1, 0.15) is 0 Å². The number of fused-ring (bicyclic) bond motifs is 1. The fourth-order valence-corrected chi connectivity index (χ4v) is 2.74. The van der Waals surface area contributed by atoms with Crippen LogP contribution in [-0.2, 0) is 12.8 Å². The number of hydrogen-bond donors (Lipinski definition) is 2. The predicted octanol–water partition coefficient (Wildman–Crippen LogP) is 1.09. The molecule has 1 aromatic heterocycles. The molecule has 0 saturated carbocycles. The Hall–Kier alpha value is -0.810. The summed E-state index contributed by atoms with van der Waals surface area (Å²) in [5.74, 6) is 0.915. The Morgan fingerprint density at radius 2 is 2.19 bits per heavy atom. The molecule has 1 aliphatic carbocycles. The van der Waals surface area contributed by atoms with Crippen molar-refractivity contribution >= 4 is 11.8 Å². The second kappa shape index (κ2) is 5.50. The summed E-state index contributed by atoms with van der Waals surface area (Å²) in [6.45, 7) is 0.683. The smallest absolute Gasteiger partial charge is 0.254 e. The average molecular weight is 239 g/mol. The molecule has 2 rings (SSSR count). The van der Waals surface area contributed by atoms with Crippen molar-refractivity contribution in [3.8, 4) is 0 Å². The minimum atomic E-state index is 0.0555. The summed E-state index contributed by atoms with van der Waals surface area (Å²) in [5.41, 5.74) is 7.39. The molecule has 0 radical (unpaired) electrons. The van der Waals surface area contributed by atoms with Crippen molar-refractivity contribution in [2.75, 3.05) is 12.3 Å². The highest BCUT2D eigenvalue weighted by Gasteiger charge is 2.15. The number of thioether (sulfide) groups is 1. The lowest BCUT2D eigenvalue weighted by Crippen LogP contribution is -2.21. The van der Waals surface area contributed by atoms with Gasteiger partial charge in [0.15, 0.2) is 5.16 Å². The van der Waals surface area contributed by atoms with E-state index in [4.69, 9.17) is 5.73 Å². The maximum atomic E-state index is 11.8. The Kier molecular flexibility index (Phi) is 4.01. The lowest BCUT2D eigenvalue weighted by atomic mass is 9.97. The van der Waals surface area contributed by atoms with Crippen molar-refractivity contribution in [3.63, 3.8) is 0 Å². The van der Waals surface area contributed by atoms with E-state index in [1.165, 1.54) is 0 Å². The van der Waals surface area contributed by atoms with Crippen molar-refractivity contribution < 1.29 is 0 Å². The van der Waals surface area contributed by atoms with Gasteiger partial charge in [0.2, 0.25) is 0 Å². The van der Waals surface area contributed by atoms with Crippen molar-refractivity contribution in [1.82, 2.24) is 9.97 Å². The first-order chi connectivity index (χ1) is 7.81. The molecule has 0 saturated heterocycles. The van der Waals surface area contributed by atoms with Crippen LogP contribution >= 0.6 is 11.8 Å². The molecule has 0 amide bonds. The zero-order chi connectivity index (χ0) is 11.4. The third kappa shape index (κ3) is 2.65. The molecule has 0 unspecified atom stereocenters. The lowest BCUT2D eigenvalue weighted by Gasteiger charge is -2.14. The Bertz CT molecular complexity index is 416. The van der Waals surface area contributed by atoms with Crippen LogP contribution in [0.15, 0.2) is 9.95 Å². The molecular formula is C11H17N3OS. The normalized spacial score (nSPS) is 14.8. The second-order valence-corrected chi connectivity index (χ2v) is 5.08. The van der Waals surface area contributed by atoms with Crippen LogP contribution in [0.3, 0.4) is 0 Å². The molecule has 0 aromatic carbocycles. The number of hydrogen-bond acceptors (Lipinski definition) is 4. The molecule has 16 heavy (non-hydrogen) atoms. The van der Waals surface area contributed by atoms with Crippen molar-refractivity contribution in [2.45, 2.75) is 37.3 Å². The van der Waals surface area contributed by atoms with E-state index in [0.29, 0.717) is 6.54 Å². The number of aromatic amines is 1. The highest BCUT2D eigenvalue weighted by Crippen LogP contribution is 2.19. The average Bonchev–Trinajstić information content (AvgIpc) is 2.30. The van der Waals surface area contributed by atoms with Crippen LogP contribution in [0.1, 0.15) is 30.5 Å². The predicted molar refractivity (Wildman–Crippen MR) is 65.9 cm³/mol. The van der Waals surface area contributed by atoms with Crippen molar-refractivity contribution in [2.24, 2.45) is 5.73 Å². The molecule has 0 aliphatic heterocycles.